The molecule has 45 heavy (non-hydrogen) atoms. The maximum Gasteiger partial charge on any atom is 0.251 e. The fourth-order valence-corrected chi connectivity index (χ4v) is 14.1. The maximum atomic E-state index is 13.6. The molecule has 2 aliphatic rings. The van der Waals surface area contributed by atoms with Crippen LogP contribution in [0.4, 0.5) is 0 Å². The number of amides is 3. The molecule has 0 aromatic heterocycles. The van der Waals surface area contributed by atoms with Gasteiger partial charge in [0.2, 0.25) is 20.1 Å². The molecule has 7 nitrogen and oxygen atoms in total. The van der Waals surface area contributed by atoms with E-state index in [2.05, 4.69) is 51.8 Å². The van der Waals surface area contributed by atoms with Crippen molar-refractivity contribution in [3.8, 4) is 11.1 Å². The van der Waals surface area contributed by atoms with Crippen LogP contribution in [0.15, 0.2) is 36.4 Å². The van der Waals surface area contributed by atoms with E-state index >= 15 is 0 Å². The van der Waals surface area contributed by atoms with Crippen molar-refractivity contribution in [2.45, 2.75) is 109 Å². The molecule has 1 heterocycles. The zero-order chi connectivity index (χ0) is 33.1. The second-order valence-corrected chi connectivity index (χ2v) is 20.0. The molecule has 0 spiro atoms. The van der Waals surface area contributed by atoms with Gasteiger partial charge in [0.25, 0.3) is 5.91 Å². The van der Waals surface area contributed by atoms with Crippen molar-refractivity contribution >= 4 is 49.2 Å². The third kappa shape index (κ3) is 7.95. The molecule has 10 heteroatoms. The number of nitrogens with zero attached hydrogens (tertiary/aromatic N) is 1. The molecule has 2 aromatic carbocycles. The molecule has 1 saturated heterocycles. The Morgan fingerprint density at radius 3 is 1.98 bits per heavy atom. The first kappa shape index (κ1) is 35.5. The molecule has 0 radical (unpaired) electrons. The van der Waals surface area contributed by atoms with Gasteiger partial charge in [0.15, 0.2) is 0 Å². The third-order valence-electron chi connectivity index (χ3n) is 10.0. The Bertz CT molecular complexity index is 1330. The summed E-state index contributed by atoms with van der Waals surface area (Å²) in [5.74, 6) is -0.917. The van der Waals surface area contributed by atoms with Gasteiger partial charge in [-0.3, -0.25) is 14.4 Å². The van der Waals surface area contributed by atoms with Gasteiger partial charge in [0.1, 0.15) is 0 Å². The number of halogens is 2. The Labute approximate surface area is 279 Å². The summed E-state index contributed by atoms with van der Waals surface area (Å²) in [5, 5.41) is 3.53. The first-order chi connectivity index (χ1) is 21.2. The number of likely N-dealkylation sites (tertiary alicyclic amines) is 1. The van der Waals surface area contributed by atoms with Crippen LogP contribution in [0.1, 0.15) is 89.6 Å². The largest absolute Gasteiger partial charge is 0.413 e. The van der Waals surface area contributed by atoms with Crippen LogP contribution < -0.4 is 11.1 Å². The minimum atomic E-state index is -1.92. The smallest absolute Gasteiger partial charge is 0.251 e. The summed E-state index contributed by atoms with van der Waals surface area (Å²) in [4.78, 5) is 38.9. The van der Waals surface area contributed by atoms with Crippen molar-refractivity contribution in [3.05, 3.63) is 57.6 Å². The highest BCUT2D eigenvalue weighted by Crippen LogP contribution is 2.45. The molecule has 2 fully saturated rings. The molecule has 3 amide bonds. The SMILES string of the molecule is CC(C)[Si](OC1CCC(N2CC[C@@H](Cc3c(Cl)cc(-c4ccc(C(=O)NCC(N)=O)cc4)cc3Cl)C2=O)CC1)(C(C)C)C(C)C. The lowest BCUT2D eigenvalue weighted by atomic mass is 9.92. The third-order valence-corrected chi connectivity index (χ3v) is 16.8. The Hall–Kier alpha value is -2.39. The van der Waals surface area contributed by atoms with Crippen molar-refractivity contribution in [1.82, 2.24) is 10.2 Å². The molecule has 1 aliphatic heterocycles. The normalized spacial score (nSPS) is 20.8. The molecule has 4 rings (SSSR count). The van der Waals surface area contributed by atoms with Crippen LogP contribution in [0.2, 0.25) is 26.7 Å². The monoisotopic (exact) mass is 673 g/mol. The first-order valence-corrected chi connectivity index (χ1v) is 19.3. The molecular weight excluding hydrogens is 625 g/mol. The van der Waals surface area contributed by atoms with Crippen molar-refractivity contribution in [2.24, 2.45) is 11.7 Å². The second kappa shape index (κ2) is 15.0. The Balaban J connectivity index is 1.36. The maximum absolute atomic E-state index is 13.6. The van der Waals surface area contributed by atoms with E-state index in [0.717, 1.165) is 55.3 Å². The molecule has 3 N–H and O–H groups in total. The summed E-state index contributed by atoms with van der Waals surface area (Å²) < 4.78 is 7.08. The van der Waals surface area contributed by atoms with Crippen molar-refractivity contribution in [1.29, 1.82) is 0 Å². The Morgan fingerprint density at radius 1 is 0.911 bits per heavy atom. The summed E-state index contributed by atoms with van der Waals surface area (Å²) in [6.07, 6.45) is 5.60. The molecule has 1 atom stereocenters. The van der Waals surface area contributed by atoms with Gasteiger partial charge in [0.05, 0.1) is 6.54 Å². The molecule has 1 aliphatic carbocycles. The van der Waals surface area contributed by atoms with Crippen molar-refractivity contribution in [3.63, 3.8) is 0 Å². The summed E-state index contributed by atoms with van der Waals surface area (Å²) in [5.41, 5.74) is 9.66. The lowest BCUT2D eigenvalue weighted by molar-refractivity contribution is -0.133. The van der Waals surface area contributed by atoms with Crippen molar-refractivity contribution in [2.75, 3.05) is 13.1 Å². The van der Waals surface area contributed by atoms with Crippen LogP contribution in [0, 0.1) is 5.92 Å². The number of nitrogens with two attached hydrogens (primary N) is 1. The number of primary amides is 1. The van der Waals surface area contributed by atoms with Gasteiger partial charge in [-0.05, 0) is 96.1 Å². The van der Waals surface area contributed by atoms with Crippen LogP contribution in [0.5, 0.6) is 0 Å². The van der Waals surface area contributed by atoms with Gasteiger partial charge in [-0.2, -0.15) is 0 Å². The molecule has 2 aromatic rings. The minimum absolute atomic E-state index is 0.138. The zero-order valence-corrected chi connectivity index (χ0v) is 30.0. The van der Waals surface area contributed by atoms with Crippen LogP contribution in [0.25, 0.3) is 11.1 Å². The van der Waals surface area contributed by atoms with Gasteiger partial charge < -0.3 is 20.4 Å². The van der Waals surface area contributed by atoms with Gasteiger partial charge in [-0.25, -0.2) is 0 Å². The second-order valence-electron chi connectivity index (χ2n) is 13.7. The zero-order valence-electron chi connectivity index (χ0n) is 27.5. The molecule has 0 bridgehead atoms. The van der Waals surface area contributed by atoms with E-state index in [1.54, 1.807) is 24.3 Å². The van der Waals surface area contributed by atoms with Crippen molar-refractivity contribution < 1.29 is 18.8 Å². The van der Waals surface area contributed by atoms with Crippen LogP contribution >= 0.6 is 23.2 Å². The first-order valence-electron chi connectivity index (χ1n) is 16.4. The van der Waals surface area contributed by atoms with E-state index in [9.17, 15) is 14.4 Å². The lowest BCUT2D eigenvalue weighted by Crippen LogP contribution is -2.51. The highest BCUT2D eigenvalue weighted by molar-refractivity contribution is 6.77. The summed E-state index contributed by atoms with van der Waals surface area (Å²) >= 11 is 13.5. The highest BCUT2D eigenvalue weighted by Gasteiger charge is 2.47. The van der Waals surface area contributed by atoms with Crippen LogP contribution in [-0.4, -0.2) is 56.2 Å². The van der Waals surface area contributed by atoms with E-state index in [1.165, 1.54) is 0 Å². The number of carbonyl (C=O) groups is 3. The molecule has 0 unspecified atom stereocenters. The lowest BCUT2D eigenvalue weighted by Gasteiger charge is -2.46. The quantitative estimate of drug-likeness (QED) is 0.225. The number of hydrogen-bond donors (Lipinski definition) is 2. The van der Waals surface area contributed by atoms with Gasteiger partial charge in [-0.15, -0.1) is 0 Å². The van der Waals surface area contributed by atoms with Gasteiger partial charge in [0, 0.05) is 40.2 Å². The van der Waals surface area contributed by atoms with E-state index in [0.29, 0.717) is 44.8 Å². The Kier molecular flexibility index (Phi) is 11.8. The summed E-state index contributed by atoms with van der Waals surface area (Å²) in [6.45, 7) is 14.6. The topological polar surface area (TPSA) is 102 Å². The van der Waals surface area contributed by atoms with Crippen LogP contribution in [-0.2, 0) is 20.4 Å². The van der Waals surface area contributed by atoms with Crippen LogP contribution in [0.3, 0.4) is 0 Å². The number of hydrogen-bond acceptors (Lipinski definition) is 4. The van der Waals surface area contributed by atoms with E-state index in [1.807, 2.05) is 12.1 Å². The minimum Gasteiger partial charge on any atom is -0.413 e. The molecular formula is C35H49Cl2N3O4Si. The molecule has 1 saturated carbocycles. The van der Waals surface area contributed by atoms with E-state index in [-0.39, 0.29) is 30.3 Å². The predicted molar refractivity (Wildman–Crippen MR) is 185 cm³/mol. The van der Waals surface area contributed by atoms with Gasteiger partial charge in [-0.1, -0.05) is 76.9 Å². The van der Waals surface area contributed by atoms with E-state index in [4.69, 9.17) is 33.4 Å². The fraction of sp³-hybridized carbons (Fsp3) is 0.571. The fourth-order valence-electron chi connectivity index (χ4n) is 7.78. The molecule has 246 valence electrons. The number of carbonyl (C=O) groups excluding carboxylic acids is 3. The number of benzene rings is 2. The number of nitrogens with one attached hydrogen (secondary N) is 1. The van der Waals surface area contributed by atoms with E-state index < -0.39 is 14.2 Å². The number of rotatable bonds is 12. The standard InChI is InChI=1S/C35H49Cl2N3O4Si/c1-21(2)45(22(3)4,23(5)6)44-29-13-11-28(12-14-29)40-16-15-26(35(40)43)17-30-31(36)18-27(19-32(30)37)24-7-9-25(10-8-24)34(42)39-20-33(38)41/h7-10,18-19,21-23,26,28-29H,11-17,20H2,1-6H3,(H2,38,41)(H,39,42)/t26-,28?,29?/m0/s1. The predicted octanol–water partition coefficient (Wildman–Crippen LogP) is 7.77. The highest BCUT2D eigenvalue weighted by atomic mass is 35.5. The average molecular weight is 675 g/mol. The van der Waals surface area contributed by atoms with Gasteiger partial charge >= 0.3 is 0 Å². The average Bonchev–Trinajstić information content (AvgIpc) is 3.35. The summed E-state index contributed by atoms with van der Waals surface area (Å²) in [6, 6.07) is 10.9. The summed E-state index contributed by atoms with van der Waals surface area (Å²) in [7, 11) is -1.92. The Morgan fingerprint density at radius 2 is 1.47 bits per heavy atom.